The zero-order valence-electron chi connectivity index (χ0n) is 11.3. The summed E-state index contributed by atoms with van der Waals surface area (Å²) in [6.45, 7) is 2.19. The summed E-state index contributed by atoms with van der Waals surface area (Å²) in [4.78, 5) is 11.7. The molecule has 1 amide bonds. The van der Waals surface area contributed by atoms with E-state index in [2.05, 4.69) is 12.2 Å². The summed E-state index contributed by atoms with van der Waals surface area (Å²) < 4.78 is 0. The van der Waals surface area contributed by atoms with Crippen LogP contribution in [0.3, 0.4) is 0 Å². The molecule has 3 nitrogen and oxygen atoms in total. The molecule has 0 spiro atoms. The van der Waals surface area contributed by atoms with Crippen LogP contribution in [0.15, 0.2) is 24.3 Å². The molecule has 0 radical (unpaired) electrons. The standard InChI is InChI=1S/C15H25NO2/c1-2-3-4-5-6-8-11-14(17)16-15(18)12-9-7-10-13-15/h7,9-10,12,18H,2-6,8,11,13H2,1H3,(H,16,17). The van der Waals surface area contributed by atoms with Gasteiger partial charge in [-0.2, -0.15) is 0 Å². The van der Waals surface area contributed by atoms with Crippen LogP contribution in [-0.2, 0) is 4.79 Å². The molecule has 0 aromatic carbocycles. The number of nitrogens with one attached hydrogen (secondary N) is 1. The summed E-state index contributed by atoms with van der Waals surface area (Å²) in [5, 5.41) is 12.7. The van der Waals surface area contributed by atoms with Crippen LogP contribution >= 0.6 is 0 Å². The highest BCUT2D eigenvalue weighted by Crippen LogP contribution is 2.14. The molecule has 18 heavy (non-hydrogen) atoms. The van der Waals surface area contributed by atoms with E-state index < -0.39 is 5.72 Å². The van der Waals surface area contributed by atoms with Crippen molar-refractivity contribution in [3.8, 4) is 0 Å². The molecular weight excluding hydrogens is 226 g/mol. The number of aliphatic hydroxyl groups is 1. The zero-order chi connectivity index (χ0) is 13.3. The molecule has 0 aromatic heterocycles. The Hall–Kier alpha value is -1.09. The number of carbonyl (C=O) groups is 1. The van der Waals surface area contributed by atoms with Gasteiger partial charge in [-0.05, 0) is 12.5 Å². The van der Waals surface area contributed by atoms with Gasteiger partial charge in [-0.1, -0.05) is 57.3 Å². The Morgan fingerprint density at radius 2 is 1.94 bits per heavy atom. The first-order valence-corrected chi connectivity index (χ1v) is 7.04. The lowest BCUT2D eigenvalue weighted by molar-refractivity contribution is -0.126. The van der Waals surface area contributed by atoms with E-state index in [0.717, 1.165) is 12.8 Å². The van der Waals surface area contributed by atoms with Crippen LogP contribution in [0.4, 0.5) is 0 Å². The fourth-order valence-corrected chi connectivity index (χ4v) is 2.07. The maximum Gasteiger partial charge on any atom is 0.222 e. The van der Waals surface area contributed by atoms with E-state index in [-0.39, 0.29) is 5.91 Å². The first kappa shape index (κ1) is 15.0. The average Bonchev–Trinajstić information content (AvgIpc) is 2.34. The number of amides is 1. The van der Waals surface area contributed by atoms with E-state index in [9.17, 15) is 9.90 Å². The van der Waals surface area contributed by atoms with E-state index in [1.807, 2.05) is 12.2 Å². The minimum atomic E-state index is -1.17. The van der Waals surface area contributed by atoms with Gasteiger partial charge in [0.05, 0.1) is 0 Å². The Kier molecular flexibility index (Phi) is 6.73. The van der Waals surface area contributed by atoms with Crippen LogP contribution in [0, 0.1) is 0 Å². The second-order valence-corrected chi connectivity index (χ2v) is 4.98. The van der Waals surface area contributed by atoms with Crippen LogP contribution in [0.5, 0.6) is 0 Å². The van der Waals surface area contributed by atoms with Crippen LogP contribution in [0.25, 0.3) is 0 Å². The van der Waals surface area contributed by atoms with Crippen LogP contribution in [0.1, 0.15) is 58.3 Å². The first-order chi connectivity index (χ1) is 8.66. The van der Waals surface area contributed by atoms with E-state index in [1.54, 1.807) is 12.2 Å². The van der Waals surface area contributed by atoms with Gasteiger partial charge in [-0.25, -0.2) is 0 Å². The average molecular weight is 251 g/mol. The molecule has 102 valence electrons. The smallest absolute Gasteiger partial charge is 0.222 e. The van der Waals surface area contributed by atoms with Crippen molar-refractivity contribution in [3.63, 3.8) is 0 Å². The molecule has 0 aliphatic heterocycles. The summed E-state index contributed by atoms with van der Waals surface area (Å²) in [5.74, 6) is -0.0621. The molecule has 0 fully saturated rings. The molecule has 0 aromatic rings. The predicted molar refractivity (Wildman–Crippen MR) is 74.0 cm³/mol. The lowest BCUT2D eigenvalue weighted by atomic mass is 10.0. The SMILES string of the molecule is CCCCCCCCC(=O)NC1(O)C=CC=CC1. The molecule has 1 rings (SSSR count). The zero-order valence-corrected chi connectivity index (χ0v) is 11.3. The van der Waals surface area contributed by atoms with Crippen LogP contribution in [-0.4, -0.2) is 16.7 Å². The molecule has 0 bridgehead atoms. The number of hydrogen-bond donors (Lipinski definition) is 2. The van der Waals surface area contributed by atoms with Crippen LogP contribution in [0.2, 0.25) is 0 Å². The highest BCUT2D eigenvalue weighted by Gasteiger charge is 2.24. The lowest BCUT2D eigenvalue weighted by Gasteiger charge is -2.26. The van der Waals surface area contributed by atoms with Gasteiger partial charge in [-0.3, -0.25) is 4.79 Å². The Morgan fingerprint density at radius 3 is 2.61 bits per heavy atom. The number of hydrogen-bond acceptors (Lipinski definition) is 2. The van der Waals surface area contributed by atoms with Crippen molar-refractivity contribution >= 4 is 5.91 Å². The monoisotopic (exact) mass is 251 g/mol. The van der Waals surface area contributed by atoms with Gasteiger partial charge in [0.2, 0.25) is 5.91 Å². The van der Waals surface area contributed by atoms with Crippen molar-refractivity contribution in [1.82, 2.24) is 5.32 Å². The molecule has 0 heterocycles. The van der Waals surface area contributed by atoms with Gasteiger partial charge in [-0.15, -0.1) is 0 Å². The quantitative estimate of drug-likeness (QED) is 0.514. The Labute approximate surface area is 110 Å². The third-order valence-corrected chi connectivity index (χ3v) is 3.16. The Morgan fingerprint density at radius 1 is 1.22 bits per heavy atom. The number of carbonyl (C=O) groups excluding carboxylic acids is 1. The summed E-state index contributed by atoms with van der Waals surface area (Å²) in [6, 6.07) is 0. The number of allylic oxidation sites excluding steroid dienone is 2. The van der Waals surface area contributed by atoms with Crippen molar-refractivity contribution in [2.24, 2.45) is 0 Å². The molecule has 3 heteroatoms. The molecule has 0 saturated heterocycles. The number of unbranched alkanes of at least 4 members (excludes halogenated alkanes) is 5. The second kappa shape index (κ2) is 8.09. The molecule has 1 aliphatic carbocycles. The van der Waals surface area contributed by atoms with Gasteiger partial charge >= 0.3 is 0 Å². The van der Waals surface area contributed by atoms with Crippen molar-refractivity contribution in [2.45, 2.75) is 64.0 Å². The van der Waals surface area contributed by atoms with Gasteiger partial charge in [0.25, 0.3) is 0 Å². The fraction of sp³-hybridized carbons (Fsp3) is 0.667. The maximum absolute atomic E-state index is 11.7. The summed E-state index contributed by atoms with van der Waals surface area (Å²) in [7, 11) is 0. The molecule has 1 atom stereocenters. The maximum atomic E-state index is 11.7. The third kappa shape index (κ3) is 6.01. The highest BCUT2D eigenvalue weighted by molar-refractivity contribution is 5.76. The lowest BCUT2D eigenvalue weighted by Crippen LogP contribution is -2.47. The molecular formula is C15H25NO2. The van der Waals surface area contributed by atoms with Gasteiger partial charge in [0, 0.05) is 12.8 Å². The van der Waals surface area contributed by atoms with Crippen molar-refractivity contribution in [2.75, 3.05) is 0 Å². The largest absolute Gasteiger partial charge is 0.367 e. The van der Waals surface area contributed by atoms with Gasteiger partial charge < -0.3 is 10.4 Å². The highest BCUT2D eigenvalue weighted by atomic mass is 16.3. The van der Waals surface area contributed by atoms with Crippen LogP contribution < -0.4 is 5.32 Å². The minimum absolute atomic E-state index is 0.0621. The fourth-order valence-electron chi connectivity index (χ4n) is 2.07. The molecule has 0 saturated carbocycles. The minimum Gasteiger partial charge on any atom is -0.367 e. The van der Waals surface area contributed by atoms with Crippen molar-refractivity contribution < 1.29 is 9.90 Å². The predicted octanol–water partition coefficient (Wildman–Crippen LogP) is 3.06. The van der Waals surface area contributed by atoms with Crippen molar-refractivity contribution in [1.29, 1.82) is 0 Å². The topological polar surface area (TPSA) is 49.3 Å². The third-order valence-electron chi connectivity index (χ3n) is 3.16. The van der Waals surface area contributed by atoms with Gasteiger partial charge in [0.1, 0.15) is 0 Å². The van der Waals surface area contributed by atoms with E-state index in [1.165, 1.54) is 25.7 Å². The molecule has 2 N–H and O–H groups in total. The normalized spacial score (nSPS) is 22.1. The van der Waals surface area contributed by atoms with Gasteiger partial charge in [0.15, 0.2) is 5.72 Å². The number of rotatable bonds is 8. The van der Waals surface area contributed by atoms with Crippen molar-refractivity contribution in [3.05, 3.63) is 24.3 Å². The van der Waals surface area contributed by atoms with E-state index >= 15 is 0 Å². The summed E-state index contributed by atoms with van der Waals surface area (Å²) in [6.07, 6.45) is 15.1. The van der Waals surface area contributed by atoms with E-state index in [4.69, 9.17) is 0 Å². The second-order valence-electron chi connectivity index (χ2n) is 4.98. The summed E-state index contributed by atoms with van der Waals surface area (Å²) in [5.41, 5.74) is -1.17. The van der Waals surface area contributed by atoms with E-state index in [0.29, 0.717) is 12.8 Å². The molecule has 1 unspecified atom stereocenters. The molecule has 1 aliphatic rings. The Balaban J connectivity index is 2.10. The first-order valence-electron chi connectivity index (χ1n) is 7.04. The Bertz CT molecular complexity index is 310. The summed E-state index contributed by atoms with van der Waals surface area (Å²) >= 11 is 0.